The van der Waals surface area contributed by atoms with Gasteiger partial charge in [0.25, 0.3) is 11.8 Å². The lowest BCUT2D eigenvalue weighted by molar-refractivity contribution is 0.0614. The van der Waals surface area contributed by atoms with Crippen molar-refractivity contribution in [2.75, 3.05) is 0 Å². The van der Waals surface area contributed by atoms with Gasteiger partial charge in [-0.25, -0.2) is 4.85 Å². The summed E-state index contributed by atoms with van der Waals surface area (Å²) in [6, 6.07) is 8.18. The smallest absolute Gasteiger partial charge is 0.262 e. The molecule has 0 bridgehead atoms. The zero-order chi connectivity index (χ0) is 18.3. The van der Waals surface area contributed by atoms with Crippen molar-refractivity contribution < 1.29 is 9.59 Å². The Kier molecular flexibility index (Phi) is 3.90. The number of hydrogen-bond acceptors (Lipinski definition) is 4. The molecular formula is C19H16N4O2. The van der Waals surface area contributed by atoms with Gasteiger partial charge in [-0.05, 0) is 26.0 Å². The van der Waals surface area contributed by atoms with Gasteiger partial charge in [-0.2, -0.15) is 5.26 Å². The maximum atomic E-state index is 12.7. The van der Waals surface area contributed by atoms with Crippen molar-refractivity contribution in [3.8, 4) is 6.07 Å². The summed E-state index contributed by atoms with van der Waals surface area (Å²) >= 11 is 0. The summed E-state index contributed by atoms with van der Waals surface area (Å²) in [4.78, 5) is 30.1. The number of fused-ring (bicyclic) bond motifs is 1. The molecule has 3 rings (SSSR count). The van der Waals surface area contributed by atoms with E-state index in [9.17, 15) is 14.9 Å². The Balaban J connectivity index is 2.04. The van der Waals surface area contributed by atoms with Crippen LogP contribution in [0.5, 0.6) is 0 Å². The maximum absolute atomic E-state index is 12.7. The fourth-order valence-electron chi connectivity index (χ4n) is 3.37. The monoisotopic (exact) mass is 332 g/mol. The van der Waals surface area contributed by atoms with Gasteiger partial charge in [0.2, 0.25) is 0 Å². The van der Waals surface area contributed by atoms with Crippen LogP contribution in [0.1, 0.15) is 41.5 Å². The second-order valence-electron chi connectivity index (χ2n) is 6.11. The normalized spacial score (nSPS) is 20.8. The van der Waals surface area contributed by atoms with Crippen LogP contribution in [0.15, 0.2) is 46.9 Å². The van der Waals surface area contributed by atoms with Gasteiger partial charge < -0.3 is 5.32 Å². The molecule has 1 aromatic carbocycles. The van der Waals surface area contributed by atoms with E-state index in [0.29, 0.717) is 33.8 Å². The Morgan fingerprint density at radius 1 is 1.28 bits per heavy atom. The number of dihydropyridines is 1. The van der Waals surface area contributed by atoms with Crippen LogP contribution in [0.25, 0.3) is 4.85 Å². The number of nitrogens with zero attached hydrogens (tertiary/aromatic N) is 3. The Morgan fingerprint density at radius 2 is 1.84 bits per heavy atom. The lowest BCUT2D eigenvalue weighted by atomic mass is 9.90. The first-order chi connectivity index (χ1) is 11.9. The zero-order valence-corrected chi connectivity index (χ0v) is 14.1. The number of rotatable bonds is 2. The number of benzene rings is 1. The van der Waals surface area contributed by atoms with E-state index in [-0.39, 0.29) is 17.7 Å². The number of imide groups is 1. The third kappa shape index (κ3) is 2.31. The standard InChI is InChI=1S/C19H16N4O2/c1-10-15(9-20)11(2)22-17(16(10)21-4)12(3)23-18(24)13-7-5-6-8-14(13)19(23)25/h5-8,10,12,22H,1-3H3/t10-,12?/m1/s1. The number of allylic oxidation sites excluding steroid dienone is 2. The number of carbonyl (C=O) groups excluding carboxylic acids is 2. The third-order valence-corrected chi connectivity index (χ3v) is 4.72. The molecule has 6 heteroatoms. The average Bonchev–Trinajstić information content (AvgIpc) is 2.86. The number of nitrogens with one attached hydrogen (secondary N) is 1. The van der Waals surface area contributed by atoms with Crippen molar-refractivity contribution in [2.24, 2.45) is 5.92 Å². The van der Waals surface area contributed by atoms with E-state index in [1.807, 2.05) is 0 Å². The van der Waals surface area contributed by atoms with Crippen molar-refractivity contribution in [3.63, 3.8) is 0 Å². The highest BCUT2D eigenvalue weighted by Gasteiger charge is 2.41. The summed E-state index contributed by atoms with van der Waals surface area (Å²) in [5.74, 6) is -1.12. The number of carbonyl (C=O) groups is 2. The van der Waals surface area contributed by atoms with Gasteiger partial charge >= 0.3 is 0 Å². The lowest BCUT2D eigenvalue weighted by Crippen LogP contribution is -2.44. The van der Waals surface area contributed by atoms with E-state index in [0.717, 1.165) is 0 Å². The van der Waals surface area contributed by atoms with Crippen LogP contribution < -0.4 is 5.32 Å². The molecule has 2 aliphatic rings. The molecule has 1 N–H and O–H groups in total. The Morgan fingerprint density at radius 3 is 2.32 bits per heavy atom. The van der Waals surface area contributed by atoms with E-state index in [4.69, 9.17) is 6.57 Å². The van der Waals surface area contributed by atoms with E-state index in [2.05, 4.69) is 16.2 Å². The average molecular weight is 332 g/mol. The SMILES string of the molecule is [C-]#[N+]C1=C(C(C)N2C(=O)c3ccccc3C2=O)NC(C)=C(C#N)[C@H]1C. The highest BCUT2D eigenvalue weighted by molar-refractivity contribution is 6.21. The molecule has 6 nitrogen and oxygen atoms in total. The van der Waals surface area contributed by atoms with Gasteiger partial charge in [0, 0.05) is 22.9 Å². The second kappa shape index (κ2) is 5.92. The molecule has 0 aliphatic carbocycles. The van der Waals surface area contributed by atoms with E-state index in [1.165, 1.54) is 4.90 Å². The predicted molar refractivity (Wildman–Crippen MR) is 90.6 cm³/mol. The first-order valence-corrected chi connectivity index (χ1v) is 7.88. The first kappa shape index (κ1) is 16.5. The first-order valence-electron chi connectivity index (χ1n) is 7.88. The number of amides is 2. The minimum absolute atomic E-state index is 0.353. The van der Waals surface area contributed by atoms with Gasteiger partial charge in [0.05, 0.1) is 29.8 Å². The third-order valence-electron chi connectivity index (χ3n) is 4.72. The summed E-state index contributed by atoms with van der Waals surface area (Å²) in [5, 5.41) is 12.4. The summed E-state index contributed by atoms with van der Waals surface area (Å²) in [5.41, 5.74) is 2.72. The van der Waals surface area contributed by atoms with Crippen LogP contribution in [0.3, 0.4) is 0 Å². The molecule has 0 fully saturated rings. The molecule has 2 atom stereocenters. The van der Waals surface area contributed by atoms with Crippen molar-refractivity contribution in [2.45, 2.75) is 26.8 Å². The predicted octanol–water partition coefficient (Wildman–Crippen LogP) is 2.84. The fraction of sp³-hybridized carbons (Fsp3) is 0.263. The van der Waals surface area contributed by atoms with Crippen molar-refractivity contribution >= 4 is 11.8 Å². The van der Waals surface area contributed by atoms with E-state index < -0.39 is 6.04 Å². The van der Waals surface area contributed by atoms with Gasteiger partial charge in [-0.3, -0.25) is 14.5 Å². The molecule has 0 spiro atoms. The van der Waals surface area contributed by atoms with Crippen molar-refractivity contribution in [1.82, 2.24) is 10.2 Å². The molecule has 0 saturated heterocycles. The van der Waals surface area contributed by atoms with Crippen LogP contribution in [0.2, 0.25) is 0 Å². The van der Waals surface area contributed by atoms with Crippen LogP contribution >= 0.6 is 0 Å². The molecule has 1 unspecified atom stereocenters. The van der Waals surface area contributed by atoms with Crippen LogP contribution in [0.4, 0.5) is 0 Å². The van der Waals surface area contributed by atoms with Crippen molar-refractivity contribution in [1.29, 1.82) is 5.26 Å². The molecule has 0 aromatic heterocycles. The molecule has 2 heterocycles. The Bertz CT molecular complexity index is 908. The van der Waals surface area contributed by atoms with Crippen LogP contribution in [-0.2, 0) is 0 Å². The molecule has 124 valence electrons. The topological polar surface area (TPSA) is 77.6 Å². The lowest BCUT2D eigenvalue weighted by Gasteiger charge is -2.32. The maximum Gasteiger partial charge on any atom is 0.262 e. The highest BCUT2D eigenvalue weighted by Crippen LogP contribution is 2.34. The Hall–Kier alpha value is -3.38. The zero-order valence-electron chi connectivity index (χ0n) is 14.1. The van der Waals surface area contributed by atoms with Crippen LogP contribution in [0, 0.1) is 23.8 Å². The number of hydrogen-bond donors (Lipinski definition) is 1. The summed E-state index contributed by atoms with van der Waals surface area (Å²) in [6.45, 7) is 12.7. The van der Waals surface area contributed by atoms with Gasteiger partial charge in [-0.15, -0.1) is 0 Å². The van der Waals surface area contributed by atoms with Crippen LogP contribution in [-0.4, -0.2) is 22.8 Å². The molecule has 1 aromatic rings. The molecule has 2 amide bonds. The molecule has 25 heavy (non-hydrogen) atoms. The summed E-state index contributed by atoms with van der Waals surface area (Å²) in [7, 11) is 0. The van der Waals surface area contributed by atoms with Gasteiger partial charge in [-0.1, -0.05) is 19.1 Å². The van der Waals surface area contributed by atoms with Gasteiger partial charge in [0.15, 0.2) is 5.70 Å². The molecule has 0 radical (unpaired) electrons. The minimum atomic E-state index is -0.630. The highest BCUT2D eigenvalue weighted by atomic mass is 16.2. The minimum Gasteiger partial charge on any atom is -0.370 e. The largest absolute Gasteiger partial charge is 0.370 e. The Labute approximate surface area is 145 Å². The van der Waals surface area contributed by atoms with Crippen molar-refractivity contribution in [3.05, 3.63) is 69.5 Å². The number of nitriles is 1. The fourth-order valence-corrected chi connectivity index (χ4v) is 3.37. The second-order valence-corrected chi connectivity index (χ2v) is 6.11. The molecular weight excluding hydrogens is 316 g/mol. The van der Waals surface area contributed by atoms with E-state index in [1.54, 1.807) is 45.0 Å². The molecule has 0 saturated carbocycles. The quantitative estimate of drug-likeness (QED) is 0.667. The summed E-state index contributed by atoms with van der Waals surface area (Å²) in [6.07, 6.45) is 0. The van der Waals surface area contributed by atoms with Gasteiger partial charge in [0.1, 0.15) is 0 Å². The summed E-state index contributed by atoms with van der Waals surface area (Å²) < 4.78 is 0. The molecule has 2 aliphatic heterocycles. The van der Waals surface area contributed by atoms with E-state index >= 15 is 0 Å².